The van der Waals surface area contributed by atoms with E-state index >= 15 is 0 Å². The van der Waals surface area contributed by atoms with Crippen LogP contribution in [0.3, 0.4) is 0 Å². The molecule has 0 aliphatic heterocycles. The molecule has 26 heavy (non-hydrogen) atoms. The van der Waals surface area contributed by atoms with Gasteiger partial charge in [0.25, 0.3) is 0 Å². The molecule has 0 radical (unpaired) electrons. The summed E-state index contributed by atoms with van der Waals surface area (Å²) in [6.45, 7) is 2.08. The van der Waals surface area contributed by atoms with Crippen molar-refractivity contribution in [2.45, 2.75) is 19.9 Å². The van der Waals surface area contributed by atoms with Gasteiger partial charge in [0.1, 0.15) is 0 Å². The van der Waals surface area contributed by atoms with Crippen molar-refractivity contribution in [3.63, 3.8) is 0 Å². The fourth-order valence-corrected chi connectivity index (χ4v) is 2.34. The number of benzene rings is 1. The van der Waals surface area contributed by atoms with E-state index < -0.39 is 5.97 Å². The number of carbonyl (C=O) groups is 3. The molecular weight excluding hydrogens is 334 g/mol. The minimum absolute atomic E-state index is 0.129. The molecule has 0 spiro atoms. The molecule has 0 bridgehead atoms. The van der Waals surface area contributed by atoms with Crippen LogP contribution in [0, 0.1) is 0 Å². The van der Waals surface area contributed by atoms with Crippen molar-refractivity contribution < 1.29 is 19.1 Å². The minimum atomic E-state index is -0.473. The molecular formula is C19H21N3O4. The molecule has 2 aromatic rings. The number of hydrogen-bond acceptors (Lipinski definition) is 5. The number of carbonyl (C=O) groups excluding carboxylic acids is 3. The van der Waals surface area contributed by atoms with Gasteiger partial charge < -0.3 is 15.0 Å². The Morgan fingerprint density at radius 3 is 2.62 bits per heavy atom. The van der Waals surface area contributed by atoms with Crippen LogP contribution in [0.15, 0.2) is 48.7 Å². The molecule has 1 heterocycles. The fourth-order valence-electron chi connectivity index (χ4n) is 2.34. The van der Waals surface area contributed by atoms with E-state index in [9.17, 15) is 14.4 Å². The first kappa shape index (κ1) is 19.1. The summed E-state index contributed by atoms with van der Waals surface area (Å²) in [6, 6.07) is 12.0. The van der Waals surface area contributed by atoms with Crippen molar-refractivity contribution in [1.29, 1.82) is 0 Å². The van der Waals surface area contributed by atoms with Crippen LogP contribution in [0.2, 0.25) is 0 Å². The number of nitrogens with zero attached hydrogens (tertiary/aromatic N) is 2. The smallest absolute Gasteiger partial charge is 0.337 e. The van der Waals surface area contributed by atoms with E-state index in [4.69, 9.17) is 0 Å². The zero-order valence-electron chi connectivity index (χ0n) is 14.8. The molecule has 0 aliphatic carbocycles. The highest BCUT2D eigenvalue weighted by Crippen LogP contribution is 2.12. The molecule has 2 amide bonds. The number of ether oxygens (including phenoxy) is 1. The summed E-state index contributed by atoms with van der Waals surface area (Å²) in [5.74, 6) is -0.852. The van der Waals surface area contributed by atoms with Crippen molar-refractivity contribution in [2.24, 2.45) is 0 Å². The largest absolute Gasteiger partial charge is 0.465 e. The Labute approximate surface area is 152 Å². The van der Waals surface area contributed by atoms with Gasteiger partial charge in [-0.2, -0.15) is 0 Å². The summed E-state index contributed by atoms with van der Waals surface area (Å²) in [5, 5.41) is 2.72. The van der Waals surface area contributed by atoms with E-state index in [0.29, 0.717) is 17.8 Å². The summed E-state index contributed by atoms with van der Waals surface area (Å²) in [7, 11) is 1.30. The van der Waals surface area contributed by atoms with Crippen LogP contribution >= 0.6 is 0 Å². The van der Waals surface area contributed by atoms with Crippen molar-refractivity contribution in [3.8, 4) is 0 Å². The monoisotopic (exact) mass is 355 g/mol. The molecule has 0 aliphatic rings. The van der Waals surface area contributed by atoms with Crippen molar-refractivity contribution in [3.05, 3.63) is 59.9 Å². The second kappa shape index (κ2) is 9.31. The van der Waals surface area contributed by atoms with Crippen LogP contribution in [0.4, 0.5) is 5.69 Å². The molecule has 136 valence electrons. The molecule has 2 rings (SSSR count). The highest BCUT2D eigenvalue weighted by Gasteiger charge is 2.13. The Balaban J connectivity index is 1.92. The fraction of sp³-hybridized carbons (Fsp3) is 0.263. The van der Waals surface area contributed by atoms with E-state index in [0.717, 1.165) is 5.69 Å². The van der Waals surface area contributed by atoms with Gasteiger partial charge in [0, 0.05) is 31.8 Å². The molecule has 1 aromatic carbocycles. The first-order chi connectivity index (χ1) is 12.5. The molecule has 7 nitrogen and oxygen atoms in total. The van der Waals surface area contributed by atoms with Crippen LogP contribution in [-0.4, -0.2) is 41.3 Å². The summed E-state index contributed by atoms with van der Waals surface area (Å²) < 4.78 is 4.66. The standard InChI is InChI=1S/C19H21N3O4/c1-14(23)22(13-17-7-3-4-10-20-17)11-9-18(24)21-16-8-5-6-15(12-16)19(25)26-2/h3-8,10,12H,9,11,13H2,1-2H3,(H,21,24). The summed E-state index contributed by atoms with van der Waals surface area (Å²) in [6.07, 6.45) is 1.80. The number of amides is 2. The van der Waals surface area contributed by atoms with Crippen LogP contribution in [0.25, 0.3) is 0 Å². The summed E-state index contributed by atoms with van der Waals surface area (Å²) in [4.78, 5) is 41.2. The zero-order valence-corrected chi connectivity index (χ0v) is 14.8. The third-order valence-electron chi connectivity index (χ3n) is 3.70. The normalized spacial score (nSPS) is 10.1. The minimum Gasteiger partial charge on any atom is -0.465 e. The first-order valence-corrected chi connectivity index (χ1v) is 8.13. The number of methoxy groups -OCH3 is 1. The second-order valence-corrected chi connectivity index (χ2v) is 5.63. The molecule has 0 atom stereocenters. The van der Waals surface area contributed by atoms with E-state index in [-0.39, 0.29) is 24.8 Å². The van der Waals surface area contributed by atoms with Crippen LogP contribution in [0.1, 0.15) is 29.4 Å². The van der Waals surface area contributed by atoms with Gasteiger partial charge in [-0.25, -0.2) is 4.79 Å². The number of esters is 1. The molecule has 0 saturated carbocycles. The van der Waals surface area contributed by atoms with E-state index in [1.807, 2.05) is 12.1 Å². The van der Waals surface area contributed by atoms with Crippen LogP contribution in [0.5, 0.6) is 0 Å². The lowest BCUT2D eigenvalue weighted by molar-refractivity contribution is -0.130. The quantitative estimate of drug-likeness (QED) is 0.770. The topological polar surface area (TPSA) is 88.6 Å². The van der Waals surface area contributed by atoms with Crippen molar-refractivity contribution >= 4 is 23.5 Å². The third-order valence-corrected chi connectivity index (χ3v) is 3.70. The van der Waals surface area contributed by atoms with Gasteiger partial charge in [0.05, 0.1) is 24.9 Å². The lowest BCUT2D eigenvalue weighted by atomic mass is 10.2. The van der Waals surface area contributed by atoms with Crippen LogP contribution in [-0.2, 0) is 20.9 Å². The molecule has 1 aromatic heterocycles. The number of nitrogens with one attached hydrogen (secondary N) is 1. The predicted octanol–water partition coefficient (Wildman–Crippen LogP) is 2.25. The van der Waals surface area contributed by atoms with E-state index in [1.54, 1.807) is 41.4 Å². The van der Waals surface area contributed by atoms with Gasteiger partial charge in [0.15, 0.2) is 0 Å². The number of anilines is 1. The molecule has 1 N–H and O–H groups in total. The second-order valence-electron chi connectivity index (χ2n) is 5.63. The van der Waals surface area contributed by atoms with Gasteiger partial charge in [-0.3, -0.25) is 14.6 Å². The van der Waals surface area contributed by atoms with Gasteiger partial charge in [0.2, 0.25) is 11.8 Å². The number of hydrogen-bond donors (Lipinski definition) is 1. The Bertz CT molecular complexity index is 777. The molecule has 0 fully saturated rings. The van der Waals surface area contributed by atoms with E-state index in [1.165, 1.54) is 14.0 Å². The van der Waals surface area contributed by atoms with Gasteiger partial charge in [-0.1, -0.05) is 12.1 Å². The number of pyridine rings is 1. The lowest BCUT2D eigenvalue weighted by Gasteiger charge is -2.20. The van der Waals surface area contributed by atoms with Gasteiger partial charge in [-0.05, 0) is 30.3 Å². The van der Waals surface area contributed by atoms with Crippen molar-refractivity contribution in [2.75, 3.05) is 19.0 Å². The van der Waals surface area contributed by atoms with Gasteiger partial charge >= 0.3 is 5.97 Å². The van der Waals surface area contributed by atoms with Crippen LogP contribution < -0.4 is 5.32 Å². The number of aromatic nitrogens is 1. The highest BCUT2D eigenvalue weighted by molar-refractivity contribution is 5.94. The maximum atomic E-state index is 12.2. The Morgan fingerprint density at radius 2 is 1.96 bits per heavy atom. The Hall–Kier alpha value is -3.22. The van der Waals surface area contributed by atoms with Crippen molar-refractivity contribution in [1.82, 2.24) is 9.88 Å². The third kappa shape index (κ3) is 5.70. The van der Waals surface area contributed by atoms with Gasteiger partial charge in [-0.15, -0.1) is 0 Å². The zero-order chi connectivity index (χ0) is 18.9. The molecule has 7 heteroatoms. The first-order valence-electron chi connectivity index (χ1n) is 8.13. The maximum Gasteiger partial charge on any atom is 0.337 e. The Kier molecular flexibility index (Phi) is 6.84. The Morgan fingerprint density at radius 1 is 1.15 bits per heavy atom. The lowest BCUT2D eigenvalue weighted by Crippen LogP contribution is -2.31. The van der Waals surface area contributed by atoms with E-state index in [2.05, 4.69) is 15.0 Å². The molecule has 0 unspecified atom stereocenters. The summed E-state index contributed by atoms with van der Waals surface area (Å²) in [5.41, 5.74) is 1.61. The average molecular weight is 355 g/mol. The average Bonchev–Trinajstić information content (AvgIpc) is 2.65. The highest BCUT2D eigenvalue weighted by atomic mass is 16.5. The molecule has 0 saturated heterocycles. The summed E-state index contributed by atoms with van der Waals surface area (Å²) >= 11 is 0. The number of rotatable bonds is 7. The SMILES string of the molecule is COC(=O)c1cccc(NC(=O)CCN(Cc2ccccn2)C(C)=O)c1. The maximum absolute atomic E-state index is 12.2. The predicted molar refractivity (Wildman–Crippen MR) is 96.4 cm³/mol.